The van der Waals surface area contributed by atoms with Gasteiger partial charge in [0.25, 0.3) is 11.4 Å². The van der Waals surface area contributed by atoms with Gasteiger partial charge in [-0.15, -0.1) is 0 Å². The average molecular weight is 382 g/mol. The molecule has 142 valence electrons. The second kappa shape index (κ2) is 8.12. The van der Waals surface area contributed by atoms with Crippen molar-refractivity contribution in [1.82, 2.24) is 19.7 Å². The van der Waals surface area contributed by atoms with Crippen molar-refractivity contribution in [3.63, 3.8) is 0 Å². The highest BCUT2D eigenvalue weighted by Gasteiger charge is 2.45. The Hall–Kier alpha value is -2.01. The molecule has 1 fully saturated rings. The quantitative estimate of drug-likeness (QED) is 0.297. The molecule has 3 rings (SSSR count). The lowest BCUT2D eigenvalue weighted by Crippen LogP contribution is -2.50. The Bertz CT molecular complexity index is 722. The van der Waals surface area contributed by atoms with E-state index < -0.39 is 16.8 Å². The van der Waals surface area contributed by atoms with E-state index >= 15 is 0 Å². The van der Waals surface area contributed by atoms with Crippen LogP contribution in [-0.2, 0) is 4.74 Å². The molecular formula is C16H22N4O5S. The zero-order valence-electron chi connectivity index (χ0n) is 14.8. The minimum atomic E-state index is -0.946. The second-order valence-electron chi connectivity index (χ2n) is 6.22. The van der Waals surface area contributed by atoms with E-state index in [1.807, 2.05) is 0 Å². The lowest BCUT2D eigenvalue weighted by atomic mass is 10.3. The van der Waals surface area contributed by atoms with Crippen LogP contribution in [0.2, 0.25) is 0 Å². The first-order chi connectivity index (χ1) is 12.5. The summed E-state index contributed by atoms with van der Waals surface area (Å²) in [7, 11) is 1.79. The van der Waals surface area contributed by atoms with Gasteiger partial charge in [-0.1, -0.05) is 30.0 Å². The van der Waals surface area contributed by atoms with E-state index in [4.69, 9.17) is 13.9 Å². The van der Waals surface area contributed by atoms with Crippen molar-refractivity contribution < 1.29 is 18.7 Å². The molecule has 3 heterocycles. The third-order valence-electron chi connectivity index (χ3n) is 4.04. The zero-order chi connectivity index (χ0) is 18.6. The van der Waals surface area contributed by atoms with Crippen LogP contribution in [0.15, 0.2) is 22.8 Å². The summed E-state index contributed by atoms with van der Waals surface area (Å²) in [6, 6.07) is 3.08. The molecule has 2 atom stereocenters. The number of unbranched alkanes of at least 4 members (excludes halogenated alkanes) is 2. The molecule has 0 saturated carbocycles. The number of hydrogen-bond acceptors (Lipinski definition) is 9. The smallest absolute Gasteiger partial charge is 0.378 e. The minimum Gasteiger partial charge on any atom is -0.622 e. The van der Waals surface area contributed by atoms with Gasteiger partial charge in [0.1, 0.15) is 6.67 Å². The number of likely N-dealkylation sites (N-methyl/N-ethyl adjacent to an activating group) is 1. The molecule has 1 saturated heterocycles. The van der Waals surface area contributed by atoms with Crippen LogP contribution in [0.3, 0.4) is 0 Å². The molecule has 0 bridgehead atoms. The van der Waals surface area contributed by atoms with Gasteiger partial charge in [0.15, 0.2) is 0 Å². The van der Waals surface area contributed by atoms with Crippen LogP contribution in [0.5, 0.6) is 5.19 Å². The molecular weight excluding hydrogens is 360 g/mol. The number of hydroxylamine groups is 2. The van der Waals surface area contributed by atoms with Crippen molar-refractivity contribution in [2.45, 2.75) is 32.4 Å². The predicted molar refractivity (Wildman–Crippen MR) is 95.5 cm³/mol. The number of rotatable bonds is 8. The van der Waals surface area contributed by atoms with Crippen molar-refractivity contribution in [2.75, 3.05) is 26.9 Å². The Labute approximate surface area is 155 Å². The van der Waals surface area contributed by atoms with Gasteiger partial charge in [-0.2, -0.15) is 0 Å². The van der Waals surface area contributed by atoms with Gasteiger partial charge in [0.2, 0.25) is 5.76 Å². The molecule has 10 heteroatoms. The summed E-state index contributed by atoms with van der Waals surface area (Å²) in [5, 5.41) is 21.9. The van der Waals surface area contributed by atoms with Crippen LogP contribution in [0.4, 0.5) is 5.13 Å². The molecule has 2 aromatic heterocycles. The molecule has 0 radical (unpaired) electrons. The molecule has 2 unspecified atom stereocenters. The van der Waals surface area contributed by atoms with E-state index in [0.29, 0.717) is 18.3 Å². The Morgan fingerprint density at radius 1 is 1.50 bits per heavy atom. The Morgan fingerprint density at radius 2 is 2.35 bits per heavy atom. The molecule has 2 aromatic rings. The molecule has 0 spiro atoms. The van der Waals surface area contributed by atoms with Gasteiger partial charge in [-0.3, -0.25) is 4.65 Å². The molecule has 0 amide bonds. The summed E-state index contributed by atoms with van der Waals surface area (Å²) in [6.45, 7) is 3.06. The van der Waals surface area contributed by atoms with Crippen LogP contribution in [-0.4, -0.2) is 54.2 Å². The maximum absolute atomic E-state index is 13.4. The number of ether oxygens (including phenoxy) is 2. The van der Waals surface area contributed by atoms with E-state index in [1.165, 1.54) is 12.3 Å². The van der Waals surface area contributed by atoms with Gasteiger partial charge in [-0.05, 0) is 25.6 Å². The number of furan rings is 1. The van der Waals surface area contributed by atoms with Gasteiger partial charge in [0.05, 0.1) is 19.4 Å². The lowest BCUT2D eigenvalue weighted by Gasteiger charge is -2.37. The van der Waals surface area contributed by atoms with Crippen LogP contribution in [0.1, 0.15) is 36.7 Å². The summed E-state index contributed by atoms with van der Waals surface area (Å²) in [5.74, 6) is -0.613. The van der Waals surface area contributed by atoms with E-state index in [9.17, 15) is 10.0 Å². The third-order valence-corrected chi connectivity index (χ3v) is 4.99. The largest absolute Gasteiger partial charge is 0.622 e. The Kier molecular flexibility index (Phi) is 5.87. The number of nitrogens with zero attached hydrogens (tertiary/aromatic N) is 4. The standard InChI is InChI=1S/C16H22N4O5S/c1-3-4-5-8-24-16-18-17-15(26-16)20(22)11-19(2)10-13(20)25-14(21)12-7-6-9-23-12/h6-7,9,13H,3-5,8,10-11H2,1-2H3. The first-order valence-corrected chi connectivity index (χ1v) is 9.33. The molecule has 1 aliphatic rings. The number of esters is 1. The van der Waals surface area contributed by atoms with Crippen LogP contribution in [0.25, 0.3) is 0 Å². The van der Waals surface area contributed by atoms with Gasteiger partial charge in [-0.25, -0.2) is 9.69 Å². The second-order valence-corrected chi connectivity index (χ2v) is 7.14. The lowest BCUT2D eigenvalue weighted by molar-refractivity contribution is 0.00247. The van der Waals surface area contributed by atoms with Crippen molar-refractivity contribution in [1.29, 1.82) is 0 Å². The molecule has 1 aliphatic heterocycles. The zero-order valence-corrected chi connectivity index (χ0v) is 15.6. The fraction of sp³-hybridized carbons (Fsp3) is 0.562. The molecule has 0 aliphatic carbocycles. The minimum absolute atomic E-state index is 0.0586. The molecule has 26 heavy (non-hydrogen) atoms. The summed E-state index contributed by atoms with van der Waals surface area (Å²) in [5.41, 5.74) is 0. The fourth-order valence-corrected chi connectivity index (χ4v) is 3.51. The molecule has 0 N–H and O–H groups in total. The number of carbonyl (C=O) groups excluding carboxylic acids is 1. The number of quaternary nitrogens is 1. The fourth-order valence-electron chi connectivity index (χ4n) is 2.71. The highest BCUT2D eigenvalue weighted by Crippen LogP contribution is 2.36. The summed E-state index contributed by atoms with van der Waals surface area (Å²) in [6.07, 6.45) is 3.53. The van der Waals surface area contributed by atoms with Gasteiger partial charge >= 0.3 is 11.1 Å². The Balaban J connectivity index is 1.69. The van der Waals surface area contributed by atoms with Crippen molar-refractivity contribution >= 4 is 22.4 Å². The summed E-state index contributed by atoms with van der Waals surface area (Å²) in [4.78, 5) is 13.9. The summed E-state index contributed by atoms with van der Waals surface area (Å²) >= 11 is 1.09. The van der Waals surface area contributed by atoms with Crippen LogP contribution >= 0.6 is 11.3 Å². The highest BCUT2D eigenvalue weighted by atomic mass is 32.1. The van der Waals surface area contributed by atoms with Crippen molar-refractivity contribution in [3.8, 4) is 5.19 Å². The van der Waals surface area contributed by atoms with Gasteiger partial charge in [0, 0.05) is 11.3 Å². The topological polar surface area (TPSA) is 101 Å². The van der Waals surface area contributed by atoms with E-state index in [1.54, 1.807) is 18.0 Å². The average Bonchev–Trinajstić information content (AvgIpc) is 3.33. The predicted octanol–water partition coefficient (Wildman–Crippen LogP) is 2.59. The Morgan fingerprint density at radius 3 is 3.08 bits per heavy atom. The van der Waals surface area contributed by atoms with E-state index in [0.717, 1.165) is 30.6 Å². The van der Waals surface area contributed by atoms with Crippen molar-refractivity contribution in [3.05, 3.63) is 29.4 Å². The maximum Gasteiger partial charge on any atom is 0.378 e. The highest BCUT2D eigenvalue weighted by molar-refractivity contribution is 7.16. The third kappa shape index (κ3) is 4.04. The maximum atomic E-state index is 13.4. The molecule has 0 aromatic carbocycles. The van der Waals surface area contributed by atoms with Crippen LogP contribution < -0.4 is 9.38 Å². The van der Waals surface area contributed by atoms with Crippen LogP contribution in [0, 0.1) is 5.21 Å². The normalized spacial score (nSPS) is 23.3. The van der Waals surface area contributed by atoms with Gasteiger partial charge < -0.3 is 19.1 Å². The SMILES string of the molecule is CCCCCOc1nnc([N+]2([O-])CN(C)CC2OC(=O)c2ccco2)s1. The van der Waals surface area contributed by atoms with E-state index in [-0.39, 0.29) is 17.6 Å². The number of carbonyl (C=O) groups is 1. The first-order valence-electron chi connectivity index (χ1n) is 8.51. The summed E-state index contributed by atoms with van der Waals surface area (Å²) < 4.78 is 15.1. The number of aromatic nitrogens is 2. The molecule has 9 nitrogen and oxygen atoms in total. The number of hydrogen-bond donors (Lipinski definition) is 0. The van der Waals surface area contributed by atoms with Crippen molar-refractivity contribution in [2.24, 2.45) is 0 Å². The first kappa shape index (κ1) is 18.8. The monoisotopic (exact) mass is 382 g/mol. The van der Waals surface area contributed by atoms with E-state index in [2.05, 4.69) is 17.1 Å².